The van der Waals surface area contributed by atoms with Crippen LogP contribution in [0.15, 0.2) is 48.8 Å². The first-order valence-corrected chi connectivity index (χ1v) is 5.89. The van der Waals surface area contributed by atoms with Crippen molar-refractivity contribution in [1.82, 2.24) is 9.97 Å². The summed E-state index contributed by atoms with van der Waals surface area (Å²) in [5.74, 6) is 0. The number of nitrogens with zero attached hydrogens (tertiary/aromatic N) is 1. The maximum atomic E-state index is 5.17. The van der Waals surface area contributed by atoms with Crippen molar-refractivity contribution in [3.8, 4) is 11.1 Å². The van der Waals surface area contributed by atoms with Gasteiger partial charge in [0.05, 0.1) is 6.61 Å². The third kappa shape index (κ3) is 1.89. The smallest absolute Gasteiger partial charge is 0.137 e. The number of aromatic amines is 1. The van der Waals surface area contributed by atoms with Gasteiger partial charge in [-0.05, 0) is 34.9 Å². The number of aromatic nitrogens is 2. The third-order valence-electron chi connectivity index (χ3n) is 3.01. The average Bonchev–Trinajstić information content (AvgIpc) is 2.87. The summed E-state index contributed by atoms with van der Waals surface area (Å²) in [5, 5.41) is 1.15. The Bertz CT molecular complexity index is 673. The fourth-order valence-corrected chi connectivity index (χ4v) is 2.21. The predicted octanol–water partition coefficient (Wildman–Crippen LogP) is 3.38. The summed E-state index contributed by atoms with van der Waals surface area (Å²) in [4.78, 5) is 7.44. The van der Waals surface area contributed by atoms with Gasteiger partial charge in [0.2, 0.25) is 0 Å². The second kappa shape index (κ2) is 4.63. The molecule has 0 aliphatic carbocycles. The van der Waals surface area contributed by atoms with Gasteiger partial charge in [-0.15, -0.1) is 0 Å². The number of benzene rings is 1. The van der Waals surface area contributed by atoms with Crippen molar-refractivity contribution in [1.29, 1.82) is 0 Å². The van der Waals surface area contributed by atoms with Gasteiger partial charge >= 0.3 is 0 Å². The van der Waals surface area contributed by atoms with E-state index in [0.29, 0.717) is 6.61 Å². The second-order valence-corrected chi connectivity index (χ2v) is 4.23. The molecule has 90 valence electrons. The lowest BCUT2D eigenvalue weighted by atomic mass is 10.0. The van der Waals surface area contributed by atoms with Gasteiger partial charge in [0.1, 0.15) is 5.65 Å². The van der Waals surface area contributed by atoms with Crippen molar-refractivity contribution in [2.75, 3.05) is 7.11 Å². The summed E-state index contributed by atoms with van der Waals surface area (Å²) in [5.41, 5.74) is 4.48. The molecule has 0 bridgehead atoms. The van der Waals surface area contributed by atoms with Crippen molar-refractivity contribution < 1.29 is 4.74 Å². The number of rotatable bonds is 3. The Balaban J connectivity index is 2.13. The SMILES string of the molecule is COCc1cccc(-c2ccnc3[nH]ccc23)c1. The van der Waals surface area contributed by atoms with E-state index in [9.17, 15) is 0 Å². The first kappa shape index (κ1) is 11.0. The van der Waals surface area contributed by atoms with E-state index in [2.05, 4.69) is 40.3 Å². The van der Waals surface area contributed by atoms with E-state index in [4.69, 9.17) is 4.74 Å². The van der Waals surface area contributed by atoms with Crippen LogP contribution in [0.4, 0.5) is 0 Å². The van der Waals surface area contributed by atoms with Crippen molar-refractivity contribution in [2.45, 2.75) is 6.61 Å². The van der Waals surface area contributed by atoms with Crippen LogP contribution in [0, 0.1) is 0 Å². The molecule has 0 aliphatic rings. The minimum atomic E-state index is 0.634. The topological polar surface area (TPSA) is 37.9 Å². The zero-order chi connectivity index (χ0) is 12.4. The molecule has 3 heteroatoms. The lowest BCUT2D eigenvalue weighted by Gasteiger charge is -2.06. The van der Waals surface area contributed by atoms with Gasteiger partial charge < -0.3 is 9.72 Å². The van der Waals surface area contributed by atoms with Crippen LogP contribution in [0.1, 0.15) is 5.56 Å². The van der Waals surface area contributed by atoms with Crippen molar-refractivity contribution in [3.05, 3.63) is 54.4 Å². The quantitative estimate of drug-likeness (QED) is 0.759. The maximum Gasteiger partial charge on any atom is 0.137 e. The molecular formula is C15H14N2O. The molecule has 0 saturated carbocycles. The van der Waals surface area contributed by atoms with Crippen LogP contribution in [0.5, 0.6) is 0 Å². The zero-order valence-electron chi connectivity index (χ0n) is 10.2. The number of pyridine rings is 1. The summed E-state index contributed by atoms with van der Waals surface area (Å²) in [6.07, 6.45) is 3.75. The second-order valence-electron chi connectivity index (χ2n) is 4.23. The Kier molecular flexibility index (Phi) is 2.82. The molecule has 0 unspecified atom stereocenters. The Morgan fingerprint density at radius 2 is 2.17 bits per heavy atom. The van der Waals surface area contributed by atoms with E-state index in [0.717, 1.165) is 11.0 Å². The van der Waals surface area contributed by atoms with E-state index < -0.39 is 0 Å². The van der Waals surface area contributed by atoms with Crippen molar-refractivity contribution >= 4 is 11.0 Å². The molecular weight excluding hydrogens is 224 g/mol. The fraction of sp³-hybridized carbons (Fsp3) is 0.133. The summed E-state index contributed by atoms with van der Waals surface area (Å²) in [6, 6.07) is 12.5. The number of hydrogen-bond donors (Lipinski definition) is 1. The summed E-state index contributed by atoms with van der Waals surface area (Å²) in [6.45, 7) is 0.634. The average molecular weight is 238 g/mol. The summed E-state index contributed by atoms with van der Waals surface area (Å²) in [7, 11) is 1.71. The Labute approximate surface area is 105 Å². The van der Waals surface area contributed by atoms with Crippen LogP contribution in [-0.2, 0) is 11.3 Å². The molecule has 0 fully saturated rings. The van der Waals surface area contributed by atoms with Crippen LogP contribution in [0.3, 0.4) is 0 Å². The minimum absolute atomic E-state index is 0.634. The highest BCUT2D eigenvalue weighted by molar-refractivity contribution is 5.92. The fourth-order valence-electron chi connectivity index (χ4n) is 2.21. The van der Waals surface area contributed by atoms with E-state index in [-0.39, 0.29) is 0 Å². The normalized spacial score (nSPS) is 10.9. The van der Waals surface area contributed by atoms with Gasteiger partial charge in [-0.1, -0.05) is 18.2 Å². The Morgan fingerprint density at radius 3 is 3.06 bits per heavy atom. The van der Waals surface area contributed by atoms with Crippen LogP contribution in [0.2, 0.25) is 0 Å². The van der Waals surface area contributed by atoms with Gasteiger partial charge in [-0.25, -0.2) is 4.98 Å². The standard InChI is InChI=1S/C15H14N2O/c1-18-10-11-3-2-4-12(9-11)13-5-7-16-15-14(13)6-8-17-15/h2-9H,10H2,1H3,(H,16,17). The van der Waals surface area contributed by atoms with Gasteiger partial charge in [0.25, 0.3) is 0 Å². The Morgan fingerprint density at radius 1 is 1.22 bits per heavy atom. The highest BCUT2D eigenvalue weighted by atomic mass is 16.5. The van der Waals surface area contributed by atoms with Gasteiger partial charge in [-0.2, -0.15) is 0 Å². The van der Waals surface area contributed by atoms with Crippen molar-refractivity contribution in [3.63, 3.8) is 0 Å². The van der Waals surface area contributed by atoms with Crippen LogP contribution in [0.25, 0.3) is 22.2 Å². The number of methoxy groups -OCH3 is 1. The van der Waals surface area contributed by atoms with Crippen LogP contribution < -0.4 is 0 Å². The molecule has 3 aromatic rings. The van der Waals surface area contributed by atoms with Crippen LogP contribution in [-0.4, -0.2) is 17.1 Å². The third-order valence-corrected chi connectivity index (χ3v) is 3.01. The molecule has 0 atom stereocenters. The number of hydrogen-bond acceptors (Lipinski definition) is 2. The number of nitrogens with one attached hydrogen (secondary N) is 1. The molecule has 3 nitrogen and oxygen atoms in total. The van der Waals surface area contributed by atoms with Gasteiger partial charge in [-0.3, -0.25) is 0 Å². The molecule has 18 heavy (non-hydrogen) atoms. The summed E-state index contributed by atoms with van der Waals surface area (Å²) < 4.78 is 5.17. The molecule has 0 spiro atoms. The first-order valence-electron chi connectivity index (χ1n) is 5.89. The lowest BCUT2D eigenvalue weighted by molar-refractivity contribution is 0.185. The molecule has 3 rings (SSSR count). The number of fused-ring (bicyclic) bond motifs is 1. The van der Waals surface area contributed by atoms with Gasteiger partial charge in [0.15, 0.2) is 0 Å². The predicted molar refractivity (Wildman–Crippen MR) is 72.2 cm³/mol. The highest BCUT2D eigenvalue weighted by Gasteiger charge is 2.05. The maximum absolute atomic E-state index is 5.17. The molecule has 2 aromatic heterocycles. The highest BCUT2D eigenvalue weighted by Crippen LogP contribution is 2.27. The zero-order valence-corrected chi connectivity index (χ0v) is 10.2. The molecule has 0 amide bonds. The summed E-state index contributed by atoms with van der Waals surface area (Å²) >= 11 is 0. The first-order chi connectivity index (χ1) is 8.88. The number of ether oxygens (including phenoxy) is 1. The van der Waals surface area contributed by atoms with Gasteiger partial charge in [0, 0.05) is 24.9 Å². The number of H-pyrrole nitrogens is 1. The molecule has 0 saturated heterocycles. The minimum Gasteiger partial charge on any atom is -0.380 e. The lowest BCUT2D eigenvalue weighted by Crippen LogP contribution is -1.88. The molecule has 0 aliphatic heterocycles. The van der Waals surface area contributed by atoms with Crippen LogP contribution >= 0.6 is 0 Å². The molecule has 1 N–H and O–H groups in total. The van der Waals surface area contributed by atoms with E-state index >= 15 is 0 Å². The largest absolute Gasteiger partial charge is 0.380 e. The molecule has 0 radical (unpaired) electrons. The van der Waals surface area contributed by atoms with Crippen molar-refractivity contribution in [2.24, 2.45) is 0 Å². The Hall–Kier alpha value is -2.13. The monoisotopic (exact) mass is 238 g/mol. The van der Waals surface area contributed by atoms with E-state index in [1.807, 2.05) is 18.5 Å². The van der Waals surface area contributed by atoms with E-state index in [1.165, 1.54) is 16.7 Å². The molecule has 2 heterocycles. The molecule has 1 aromatic carbocycles. The van der Waals surface area contributed by atoms with E-state index in [1.54, 1.807) is 7.11 Å².